The average Bonchev–Trinajstić information content (AvgIpc) is 1.54. The molecule has 0 atom stereocenters. The number of nitriles is 4. The lowest BCUT2D eigenvalue weighted by atomic mass is 9.83. The van der Waals surface area contributed by atoms with Crippen LogP contribution in [0, 0.1) is 101 Å². The molecule has 0 bridgehead atoms. The van der Waals surface area contributed by atoms with Crippen molar-refractivity contribution in [2.45, 2.75) is 134 Å². The van der Waals surface area contributed by atoms with E-state index >= 15 is 0 Å². The van der Waals surface area contributed by atoms with Crippen molar-refractivity contribution in [1.82, 2.24) is 18.7 Å². The second-order valence-electron chi connectivity index (χ2n) is 30.9. The van der Waals surface area contributed by atoms with Gasteiger partial charge in [-0.15, -0.1) is 37.5 Å². The number of benzene rings is 10. The van der Waals surface area contributed by atoms with Gasteiger partial charge in [0, 0.05) is 0 Å². The molecule has 560 valence electrons. The van der Waals surface area contributed by atoms with E-state index in [1.807, 2.05) is 93.0 Å². The molecule has 4 aromatic heterocycles. The van der Waals surface area contributed by atoms with Gasteiger partial charge in [-0.3, -0.25) is 0 Å². The first-order valence-corrected chi connectivity index (χ1v) is 38.6. The van der Waals surface area contributed by atoms with Crippen molar-refractivity contribution in [2.24, 2.45) is 28.2 Å². The summed E-state index contributed by atoms with van der Waals surface area (Å²) in [5.74, 6) is 1.68. The van der Waals surface area contributed by atoms with Gasteiger partial charge in [0.15, 0.2) is 28.2 Å². The molecule has 0 amide bonds. The third-order valence-electron chi connectivity index (χ3n) is 21.2. The molecule has 4 heterocycles. The molecule has 0 N–H and O–H groups in total. The third kappa shape index (κ3) is 17.3. The quantitative estimate of drug-likeness (QED) is 0.100. The summed E-state index contributed by atoms with van der Waals surface area (Å²) in [4.78, 5) is 0. The molecule has 14 rings (SSSR count). The Morgan fingerprint density at radius 3 is 0.786 bits per heavy atom. The van der Waals surface area contributed by atoms with E-state index in [1.165, 1.54) is 111 Å². The summed E-state index contributed by atoms with van der Waals surface area (Å²) in [6, 6.07) is 75.6. The molecule has 12 heteroatoms. The van der Waals surface area contributed by atoms with E-state index in [-0.39, 0.29) is 0 Å². The highest BCUT2D eigenvalue weighted by molar-refractivity contribution is 5.79. The Morgan fingerprint density at radius 2 is 0.500 bits per heavy atom. The molecule has 0 saturated heterocycles. The fourth-order valence-electron chi connectivity index (χ4n) is 15.4. The van der Waals surface area contributed by atoms with Gasteiger partial charge >= 0.3 is 0 Å². The summed E-state index contributed by atoms with van der Waals surface area (Å²) in [5.41, 5.74) is 36.8. The number of nitrogens with zero attached hydrogens (tertiary/aromatic N) is 12. The van der Waals surface area contributed by atoms with E-state index in [1.54, 1.807) is 0 Å². The topological polar surface area (TPSA) is 130 Å². The van der Waals surface area contributed by atoms with E-state index in [2.05, 4.69) is 351 Å². The molecule has 0 spiro atoms. The fourth-order valence-corrected chi connectivity index (χ4v) is 15.4. The molecule has 0 saturated carbocycles. The predicted octanol–water partition coefficient (Wildman–Crippen LogP) is 21.7. The van der Waals surface area contributed by atoms with E-state index in [0.29, 0.717) is 45.9 Å². The largest absolute Gasteiger partial charge is 0.203 e. The maximum Gasteiger partial charge on any atom is 0.203 e. The van der Waals surface area contributed by atoms with Gasteiger partial charge in [-0.25, -0.2) is 0 Å². The van der Waals surface area contributed by atoms with Crippen LogP contribution in [-0.2, 0) is 28.2 Å². The summed E-state index contributed by atoms with van der Waals surface area (Å²) >= 11 is 0. The van der Waals surface area contributed by atoms with Crippen LogP contribution in [0.5, 0.6) is 0 Å². The molecule has 0 fully saturated rings. The standard InChI is InChI=1S/C30H32N3.C26H24N3.C24H28N3.C20H20N3/c1-20(2)27-15-25(24-10-8-7-9-11-24)16-28(21(3)4)30(27)26-18-32(6)33(19-26)29-14-23(17-31)13-12-22(29)5;1-18-10-11-21(15-27)14-25(18)29-17-24(16-28(29)4)26-19(2)12-23(13-20(26)3)22-8-6-5-7-9-22;1-16(2)21-8-7-9-22(17(3)4)24(21)20-14-26(6)27(15-20)23-12-19(13-25)11-10-18(23)5;1-14-8-9-17(11-21)10-19(14)23-13-18(12-22(23)4)20-15(2)6-5-7-16(20)3/h7-16,18-21H,1-6H3;5-14,16-17H,1-4H3;7-12,14-17H,1-6H3;5-10,12-13H,1-4H3/q4*+1. The lowest BCUT2D eigenvalue weighted by Gasteiger charge is -2.20. The van der Waals surface area contributed by atoms with Crippen molar-refractivity contribution in [3.05, 3.63) is 333 Å². The number of hydrogen-bond donors (Lipinski definition) is 0. The van der Waals surface area contributed by atoms with Crippen LogP contribution in [0.25, 0.3) is 89.5 Å². The van der Waals surface area contributed by atoms with Crippen molar-refractivity contribution in [2.75, 3.05) is 0 Å². The zero-order valence-electron chi connectivity index (χ0n) is 68.8. The fraction of sp³-hybridized carbons (Fsp3) is 0.240. The predicted molar refractivity (Wildman–Crippen MR) is 454 cm³/mol. The lowest BCUT2D eigenvalue weighted by Crippen LogP contribution is -2.37. The second-order valence-corrected chi connectivity index (χ2v) is 30.9. The molecule has 0 aliphatic heterocycles. The number of aryl methyl sites for hydroxylation is 12. The van der Waals surface area contributed by atoms with Crippen LogP contribution in [0.1, 0.15) is 168 Å². The summed E-state index contributed by atoms with van der Waals surface area (Å²) in [5, 5.41) is 37.1. The Labute approximate surface area is 663 Å². The van der Waals surface area contributed by atoms with E-state index in [4.69, 9.17) is 5.26 Å². The van der Waals surface area contributed by atoms with Crippen LogP contribution in [0.2, 0.25) is 0 Å². The molecule has 10 aromatic carbocycles. The first-order chi connectivity index (χ1) is 53.6. The van der Waals surface area contributed by atoms with Gasteiger partial charge in [0.05, 0.1) is 93.6 Å². The Balaban J connectivity index is 0.000000149. The van der Waals surface area contributed by atoms with E-state index in [9.17, 15) is 15.8 Å². The van der Waals surface area contributed by atoms with E-state index in [0.717, 1.165) is 45.0 Å². The monoisotopic (exact) mass is 1470 g/mol. The molecular formula is C100H104N12+4. The molecule has 0 unspecified atom stereocenters. The van der Waals surface area contributed by atoms with Gasteiger partial charge in [0.2, 0.25) is 24.8 Å². The minimum atomic E-state index is 0.387. The molecule has 0 radical (unpaired) electrons. The number of hydrogen-bond acceptors (Lipinski definition) is 4. The molecule has 112 heavy (non-hydrogen) atoms. The SMILES string of the molecule is Cc1ccc(C#N)cc1-n1cc(-c2c(C(C)C)cc(-c3ccccc3)cc2C(C)C)c[n+]1C.Cc1ccc(C#N)cc1-n1cc(-c2c(C(C)C)cccc2C(C)C)c[n+]1C.Cc1ccc(C#N)cc1-n1cc(-c2c(C)cc(-c3ccccc3)cc2C)c[n+]1C.Cc1ccc(C#N)cc1-n1cc(-c2c(C)cccc2C)c[n+]1C. The van der Waals surface area contributed by atoms with Crippen molar-refractivity contribution < 1.29 is 18.7 Å². The van der Waals surface area contributed by atoms with E-state index < -0.39 is 0 Å². The number of aromatic nitrogens is 8. The zero-order valence-corrected chi connectivity index (χ0v) is 68.8. The summed E-state index contributed by atoms with van der Waals surface area (Å²) in [6.45, 7) is 35.0. The van der Waals surface area contributed by atoms with Crippen LogP contribution in [0.4, 0.5) is 0 Å². The van der Waals surface area contributed by atoms with Crippen molar-refractivity contribution >= 4 is 0 Å². The molecule has 0 aliphatic carbocycles. The van der Waals surface area contributed by atoms with Crippen molar-refractivity contribution in [3.8, 4) is 114 Å². The minimum Gasteiger partial charge on any atom is -0.192 e. The van der Waals surface area contributed by atoms with Gasteiger partial charge in [0.1, 0.15) is 22.7 Å². The van der Waals surface area contributed by atoms with Gasteiger partial charge in [-0.05, 0) is 239 Å². The third-order valence-corrected chi connectivity index (χ3v) is 21.2. The van der Waals surface area contributed by atoms with Crippen LogP contribution in [-0.4, -0.2) is 18.7 Å². The lowest BCUT2D eigenvalue weighted by molar-refractivity contribution is -0.744. The maximum absolute atomic E-state index is 9.40. The Morgan fingerprint density at radius 1 is 0.241 bits per heavy atom. The normalized spacial score (nSPS) is 11.0. The summed E-state index contributed by atoms with van der Waals surface area (Å²) in [6.07, 6.45) is 17.4. The first kappa shape index (κ1) is 80.0. The number of rotatable bonds is 14. The Hall–Kier alpha value is -13.0. The highest BCUT2D eigenvalue weighted by atomic mass is 15.4. The molecule has 14 aromatic rings. The summed E-state index contributed by atoms with van der Waals surface area (Å²) < 4.78 is 16.8. The molecule has 0 aliphatic rings. The highest BCUT2D eigenvalue weighted by Crippen LogP contribution is 2.41. The van der Waals surface area contributed by atoms with Gasteiger partial charge in [-0.1, -0.05) is 201 Å². The smallest absolute Gasteiger partial charge is 0.192 e. The maximum atomic E-state index is 9.40. The second kappa shape index (κ2) is 34.7. The molecule has 12 nitrogen and oxygen atoms in total. The van der Waals surface area contributed by atoms with Gasteiger partial charge in [-0.2, -0.15) is 21.0 Å². The van der Waals surface area contributed by atoms with Crippen molar-refractivity contribution in [3.63, 3.8) is 0 Å². The average molecular weight is 1470 g/mol. The van der Waals surface area contributed by atoms with Crippen LogP contribution in [0.15, 0.2) is 244 Å². The van der Waals surface area contributed by atoms with Crippen molar-refractivity contribution in [1.29, 1.82) is 21.0 Å². The summed E-state index contributed by atoms with van der Waals surface area (Å²) in [7, 11) is 8.17. The first-order valence-electron chi connectivity index (χ1n) is 38.6. The zero-order chi connectivity index (χ0) is 80.5. The minimum absolute atomic E-state index is 0.387. The van der Waals surface area contributed by atoms with Gasteiger partial charge < -0.3 is 0 Å². The Bertz CT molecular complexity index is 5880. The molecular weight excluding hydrogens is 1370 g/mol. The van der Waals surface area contributed by atoms with Crippen LogP contribution >= 0.6 is 0 Å². The van der Waals surface area contributed by atoms with Crippen LogP contribution in [0.3, 0.4) is 0 Å². The van der Waals surface area contributed by atoms with Crippen LogP contribution < -0.4 is 18.7 Å². The van der Waals surface area contributed by atoms with Gasteiger partial charge in [0.25, 0.3) is 0 Å². The highest BCUT2D eigenvalue weighted by Gasteiger charge is 2.27. The Kier molecular flexibility index (Phi) is 24.8.